The summed E-state index contributed by atoms with van der Waals surface area (Å²) in [5.41, 5.74) is 1.53. The number of rotatable bonds is 3. The van der Waals surface area contributed by atoms with Crippen molar-refractivity contribution in [3.8, 4) is 0 Å². The molecule has 0 spiro atoms. The van der Waals surface area contributed by atoms with Gasteiger partial charge in [-0.25, -0.2) is 0 Å². The molecule has 0 amide bonds. The number of hydrogen-bond donors (Lipinski definition) is 0. The van der Waals surface area contributed by atoms with Gasteiger partial charge in [0.1, 0.15) is 0 Å². The molecule has 16 heavy (non-hydrogen) atoms. The van der Waals surface area contributed by atoms with E-state index in [1.165, 1.54) is 37.9 Å². The molecule has 1 heteroatoms. The predicted octanol–water partition coefficient (Wildman–Crippen LogP) is 3.66. The van der Waals surface area contributed by atoms with Gasteiger partial charge in [-0.15, -0.1) is 0 Å². The van der Waals surface area contributed by atoms with Gasteiger partial charge in [0.25, 0.3) is 0 Å². The van der Waals surface area contributed by atoms with Crippen molar-refractivity contribution in [1.29, 1.82) is 0 Å². The molecular formula is C15H23N. The maximum atomic E-state index is 2.64. The fourth-order valence-corrected chi connectivity index (χ4v) is 2.87. The summed E-state index contributed by atoms with van der Waals surface area (Å²) in [6, 6.07) is 11.8. The van der Waals surface area contributed by atoms with E-state index in [2.05, 4.69) is 49.1 Å². The fourth-order valence-electron chi connectivity index (χ4n) is 2.87. The minimum absolute atomic E-state index is 0.749. The zero-order chi connectivity index (χ0) is 11.4. The van der Waals surface area contributed by atoms with Crippen molar-refractivity contribution in [3.63, 3.8) is 0 Å². The fraction of sp³-hybridized carbons (Fsp3) is 0.600. The molecule has 1 aromatic rings. The third-order valence-electron chi connectivity index (χ3n) is 3.80. The molecule has 0 radical (unpaired) electrons. The molecule has 1 heterocycles. The summed E-state index contributed by atoms with van der Waals surface area (Å²) < 4.78 is 0. The first-order valence-electron chi connectivity index (χ1n) is 6.60. The Labute approximate surface area is 99.5 Å². The summed E-state index contributed by atoms with van der Waals surface area (Å²) in [5.74, 6) is 0.782. The molecule has 0 aliphatic carbocycles. The van der Waals surface area contributed by atoms with Crippen molar-refractivity contribution in [3.05, 3.63) is 35.9 Å². The number of hydrogen-bond acceptors (Lipinski definition) is 1. The van der Waals surface area contributed by atoms with Gasteiger partial charge in [-0.1, -0.05) is 37.3 Å². The molecule has 0 saturated carbocycles. The highest BCUT2D eigenvalue weighted by Gasteiger charge is 2.25. The molecule has 1 fully saturated rings. The average Bonchev–Trinajstić information content (AvgIpc) is 2.33. The van der Waals surface area contributed by atoms with Crippen LogP contribution in [-0.2, 0) is 0 Å². The van der Waals surface area contributed by atoms with Crippen LogP contribution in [0.4, 0.5) is 0 Å². The van der Waals surface area contributed by atoms with E-state index in [9.17, 15) is 0 Å². The molecule has 0 unspecified atom stereocenters. The normalized spacial score (nSPS) is 26.9. The highest BCUT2D eigenvalue weighted by Crippen LogP contribution is 2.31. The minimum atomic E-state index is 0.749. The van der Waals surface area contributed by atoms with Crippen molar-refractivity contribution in [2.75, 3.05) is 13.1 Å². The molecule has 0 bridgehead atoms. The Bertz CT molecular complexity index is 306. The first kappa shape index (κ1) is 11.7. The van der Waals surface area contributed by atoms with E-state index in [1.807, 2.05) is 0 Å². The maximum absolute atomic E-state index is 2.64. The van der Waals surface area contributed by atoms with Crippen LogP contribution >= 0.6 is 0 Å². The number of nitrogens with zero attached hydrogens (tertiary/aromatic N) is 1. The van der Waals surface area contributed by atoms with Crippen LogP contribution in [0.2, 0.25) is 0 Å². The topological polar surface area (TPSA) is 3.24 Å². The molecule has 88 valence electrons. The quantitative estimate of drug-likeness (QED) is 0.747. The lowest BCUT2D eigenvalue weighted by Crippen LogP contribution is -2.40. The molecule has 1 aromatic carbocycles. The van der Waals surface area contributed by atoms with Crippen molar-refractivity contribution < 1.29 is 0 Å². The van der Waals surface area contributed by atoms with Gasteiger partial charge in [0.05, 0.1) is 0 Å². The van der Waals surface area contributed by atoms with Crippen LogP contribution in [-0.4, -0.2) is 24.0 Å². The van der Waals surface area contributed by atoms with Gasteiger partial charge in [0.2, 0.25) is 0 Å². The van der Waals surface area contributed by atoms with Crippen LogP contribution in [0.25, 0.3) is 0 Å². The third kappa shape index (κ3) is 2.65. The van der Waals surface area contributed by atoms with E-state index in [-0.39, 0.29) is 0 Å². The molecule has 2 rings (SSSR count). The van der Waals surface area contributed by atoms with Gasteiger partial charge in [-0.2, -0.15) is 0 Å². The van der Waals surface area contributed by atoms with Crippen molar-refractivity contribution in [2.45, 2.75) is 45.1 Å². The van der Waals surface area contributed by atoms with Gasteiger partial charge in [-0.3, -0.25) is 0 Å². The van der Waals surface area contributed by atoms with Crippen molar-refractivity contribution in [2.24, 2.45) is 0 Å². The summed E-state index contributed by atoms with van der Waals surface area (Å²) in [4.78, 5) is 2.64. The number of likely N-dealkylation sites (tertiary alicyclic amines) is 1. The molecular weight excluding hydrogens is 194 g/mol. The SMILES string of the molecule is CCCN1CC[C@@H](c2ccccc2)C[C@H]1C. The van der Waals surface area contributed by atoms with Crippen LogP contribution < -0.4 is 0 Å². The summed E-state index contributed by atoms with van der Waals surface area (Å²) in [6.07, 6.45) is 3.93. The van der Waals surface area contributed by atoms with Gasteiger partial charge in [0.15, 0.2) is 0 Å². The van der Waals surface area contributed by atoms with Gasteiger partial charge in [0, 0.05) is 6.04 Å². The lowest BCUT2D eigenvalue weighted by Gasteiger charge is -2.37. The first-order valence-corrected chi connectivity index (χ1v) is 6.60. The van der Waals surface area contributed by atoms with Gasteiger partial charge in [-0.05, 0) is 50.8 Å². The Hall–Kier alpha value is -0.820. The van der Waals surface area contributed by atoms with Crippen LogP contribution in [0.1, 0.15) is 44.6 Å². The molecule has 1 aliphatic heterocycles. The Morgan fingerprint density at radius 2 is 2.00 bits per heavy atom. The van der Waals surface area contributed by atoms with Crippen molar-refractivity contribution in [1.82, 2.24) is 4.90 Å². The second-order valence-corrected chi connectivity index (χ2v) is 5.02. The Kier molecular flexibility index (Phi) is 4.00. The monoisotopic (exact) mass is 217 g/mol. The molecule has 0 aromatic heterocycles. The predicted molar refractivity (Wildman–Crippen MR) is 69.7 cm³/mol. The van der Waals surface area contributed by atoms with E-state index in [1.54, 1.807) is 0 Å². The summed E-state index contributed by atoms with van der Waals surface area (Å²) in [6.45, 7) is 7.19. The molecule has 2 atom stereocenters. The molecule has 1 saturated heterocycles. The largest absolute Gasteiger partial charge is 0.301 e. The molecule has 1 aliphatic rings. The molecule has 0 N–H and O–H groups in total. The summed E-state index contributed by atoms with van der Waals surface area (Å²) in [5, 5.41) is 0. The first-order chi connectivity index (χ1) is 7.81. The van der Waals surface area contributed by atoms with Crippen molar-refractivity contribution >= 4 is 0 Å². The van der Waals surface area contributed by atoms with E-state index in [4.69, 9.17) is 0 Å². The van der Waals surface area contributed by atoms with Crippen LogP contribution in [0.3, 0.4) is 0 Å². The third-order valence-corrected chi connectivity index (χ3v) is 3.80. The zero-order valence-corrected chi connectivity index (χ0v) is 10.5. The van der Waals surface area contributed by atoms with Crippen LogP contribution in [0, 0.1) is 0 Å². The Balaban J connectivity index is 1.97. The Morgan fingerprint density at radius 1 is 1.25 bits per heavy atom. The van der Waals surface area contributed by atoms with Gasteiger partial charge >= 0.3 is 0 Å². The van der Waals surface area contributed by atoms with Gasteiger partial charge < -0.3 is 4.90 Å². The summed E-state index contributed by atoms with van der Waals surface area (Å²) in [7, 11) is 0. The highest BCUT2D eigenvalue weighted by atomic mass is 15.2. The average molecular weight is 217 g/mol. The van der Waals surface area contributed by atoms with E-state index < -0.39 is 0 Å². The lowest BCUT2D eigenvalue weighted by atomic mass is 9.86. The zero-order valence-electron chi connectivity index (χ0n) is 10.5. The second kappa shape index (κ2) is 5.49. The smallest absolute Gasteiger partial charge is 0.00727 e. The van der Waals surface area contributed by atoms with E-state index in [0.29, 0.717) is 0 Å². The minimum Gasteiger partial charge on any atom is -0.301 e. The lowest BCUT2D eigenvalue weighted by molar-refractivity contribution is 0.147. The van der Waals surface area contributed by atoms with E-state index in [0.717, 1.165) is 12.0 Å². The standard InChI is InChI=1S/C15H23N/c1-3-10-16-11-9-15(12-13(16)2)14-7-5-4-6-8-14/h4-8,13,15H,3,9-12H2,1-2H3/t13-,15-/m1/s1. The number of benzene rings is 1. The van der Waals surface area contributed by atoms with Crippen LogP contribution in [0.5, 0.6) is 0 Å². The molecule has 1 nitrogen and oxygen atoms in total. The summed E-state index contributed by atoms with van der Waals surface area (Å²) >= 11 is 0. The van der Waals surface area contributed by atoms with E-state index >= 15 is 0 Å². The highest BCUT2D eigenvalue weighted by molar-refractivity contribution is 5.20. The maximum Gasteiger partial charge on any atom is 0.00727 e. The number of piperidine rings is 1. The van der Waals surface area contributed by atoms with Crippen LogP contribution in [0.15, 0.2) is 30.3 Å². The Morgan fingerprint density at radius 3 is 2.62 bits per heavy atom. The second-order valence-electron chi connectivity index (χ2n) is 5.02.